The van der Waals surface area contributed by atoms with Gasteiger partial charge >= 0.3 is 0 Å². The summed E-state index contributed by atoms with van der Waals surface area (Å²) in [5, 5.41) is 5.75. The average molecular weight is 221 g/mol. The van der Waals surface area contributed by atoms with Gasteiger partial charge in [0.25, 0.3) is 0 Å². The van der Waals surface area contributed by atoms with E-state index in [9.17, 15) is 0 Å². The average Bonchev–Trinajstić information content (AvgIpc) is 2.69. The van der Waals surface area contributed by atoms with Crippen LogP contribution in [0.15, 0.2) is 24.3 Å². The Hall–Kier alpha value is -1.13. The molecule has 15 heavy (non-hydrogen) atoms. The lowest BCUT2D eigenvalue weighted by Gasteiger charge is -2.13. The highest BCUT2D eigenvalue weighted by Crippen LogP contribution is 2.27. The number of nitrogens with zero attached hydrogens (tertiary/aromatic N) is 1. The third kappa shape index (κ3) is 2.11. The van der Waals surface area contributed by atoms with E-state index < -0.39 is 0 Å². The lowest BCUT2D eigenvalue weighted by Crippen LogP contribution is -2.27. The van der Waals surface area contributed by atoms with Crippen LogP contribution in [-0.2, 0) is 0 Å². The zero-order chi connectivity index (χ0) is 10.7. The van der Waals surface area contributed by atoms with Gasteiger partial charge in [0.15, 0.2) is 0 Å². The van der Waals surface area contributed by atoms with Crippen molar-refractivity contribution in [3.63, 3.8) is 0 Å². The molecule has 2 rings (SSSR count). The van der Waals surface area contributed by atoms with Crippen LogP contribution in [0.3, 0.4) is 0 Å². The van der Waals surface area contributed by atoms with Gasteiger partial charge in [0.05, 0.1) is 5.52 Å². The second-order valence-corrected chi connectivity index (χ2v) is 4.29. The predicted octanol–water partition coefficient (Wildman–Crippen LogP) is 2.45. The van der Waals surface area contributed by atoms with E-state index in [2.05, 4.69) is 22.7 Å². The molecule has 0 spiro atoms. The maximum absolute atomic E-state index is 5.67. The zero-order valence-corrected chi connectivity index (χ0v) is 9.55. The number of aromatic nitrogens is 1. The Morgan fingerprint density at radius 3 is 3.00 bits per heavy atom. The summed E-state index contributed by atoms with van der Waals surface area (Å²) in [4.78, 5) is 0. The van der Waals surface area contributed by atoms with Crippen LogP contribution in [0.25, 0.3) is 10.9 Å². The van der Waals surface area contributed by atoms with Crippen molar-refractivity contribution in [2.45, 2.75) is 19.4 Å². The van der Waals surface area contributed by atoms with Crippen LogP contribution >= 0.6 is 11.5 Å². The van der Waals surface area contributed by atoms with Crippen LogP contribution in [-0.4, -0.2) is 17.0 Å². The van der Waals surface area contributed by atoms with Crippen LogP contribution in [0.4, 0.5) is 5.00 Å². The molecule has 0 bridgehead atoms. The first-order valence-electron chi connectivity index (χ1n) is 5.16. The molecule has 0 saturated carbocycles. The Morgan fingerprint density at radius 1 is 1.47 bits per heavy atom. The fraction of sp³-hybridized carbons (Fsp3) is 0.364. The molecule has 80 valence electrons. The molecule has 0 aliphatic carbocycles. The number of rotatable bonds is 4. The predicted molar refractivity (Wildman–Crippen MR) is 66.4 cm³/mol. The molecule has 0 fully saturated rings. The quantitative estimate of drug-likeness (QED) is 0.833. The molecule has 1 atom stereocenters. The second kappa shape index (κ2) is 4.59. The van der Waals surface area contributed by atoms with Gasteiger partial charge in [-0.05, 0) is 30.1 Å². The molecule has 1 aromatic heterocycles. The Morgan fingerprint density at radius 2 is 2.27 bits per heavy atom. The van der Waals surface area contributed by atoms with Crippen molar-refractivity contribution >= 4 is 27.4 Å². The van der Waals surface area contributed by atoms with E-state index in [0.29, 0.717) is 12.6 Å². The van der Waals surface area contributed by atoms with Gasteiger partial charge in [-0.3, -0.25) is 0 Å². The minimum Gasteiger partial charge on any atom is -0.371 e. The molecule has 2 aromatic rings. The van der Waals surface area contributed by atoms with Gasteiger partial charge in [-0.2, -0.15) is 4.37 Å². The smallest absolute Gasteiger partial charge is 0.117 e. The van der Waals surface area contributed by atoms with E-state index in [4.69, 9.17) is 5.73 Å². The number of anilines is 1. The molecule has 4 heteroatoms. The van der Waals surface area contributed by atoms with Crippen LogP contribution in [0.5, 0.6) is 0 Å². The summed E-state index contributed by atoms with van der Waals surface area (Å²) in [5.41, 5.74) is 6.72. The normalized spacial score (nSPS) is 12.9. The lowest BCUT2D eigenvalue weighted by molar-refractivity contribution is 0.706. The van der Waals surface area contributed by atoms with E-state index in [1.165, 1.54) is 16.9 Å². The molecular weight excluding hydrogens is 206 g/mol. The second-order valence-electron chi connectivity index (χ2n) is 3.51. The Bertz CT molecular complexity index is 434. The Balaban J connectivity index is 2.28. The number of hydrogen-bond donors (Lipinski definition) is 2. The molecule has 3 nitrogen and oxygen atoms in total. The fourth-order valence-electron chi connectivity index (χ4n) is 1.51. The van der Waals surface area contributed by atoms with Gasteiger partial charge in [-0.1, -0.05) is 19.1 Å². The first-order chi connectivity index (χ1) is 7.35. The highest BCUT2D eigenvalue weighted by molar-refractivity contribution is 7.11. The summed E-state index contributed by atoms with van der Waals surface area (Å²) in [6, 6.07) is 8.50. The minimum absolute atomic E-state index is 0.342. The molecule has 1 unspecified atom stereocenters. The fourth-order valence-corrected chi connectivity index (χ4v) is 2.35. The minimum atomic E-state index is 0.342. The molecule has 1 heterocycles. The van der Waals surface area contributed by atoms with E-state index in [1.807, 2.05) is 18.2 Å². The monoisotopic (exact) mass is 221 g/mol. The molecule has 0 aliphatic rings. The van der Waals surface area contributed by atoms with Crippen LogP contribution in [0, 0.1) is 0 Å². The highest BCUT2D eigenvalue weighted by atomic mass is 32.1. The molecule has 0 aliphatic heterocycles. The molecule has 1 aromatic carbocycles. The third-order valence-corrected chi connectivity index (χ3v) is 3.30. The maximum atomic E-state index is 5.67. The molecule has 3 N–H and O–H groups in total. The van der Waals surface area contributed by atoms with Gasteiger partial charge in [0.2, 0.25) is 0 Å². The van der Waals surface area contributed by atoms with Gasteiger partial charge in [-0.25, -0.2) is 0 Å². The van der Waals surface area contributed by atoms with Gasteiger partial charge < -0.3 is 11.1 Å². The van der Waals surface area contributed by atoms with Crippen molar-refractivity contribution in [3.05, 3.63) is 24.3 Å². The summed E-state index contributed by atoms with van der Waals surface area (Å²) in [7, 11) is 0. The largest absolute Gasteiger partial charge is 0.371 e. The third-order valence-electron chi connectivity index (χ3n) is 2.50. The topological polar surface area (TPSA) is 50.9 Å². The van der Waals surface area contributed by atoms with E-state index in [-0.39, 0.29) is 0 Å². The van der Waals surface area contributed by atoms with Gasteiger partial charge in [-0.15, -0.1) is 0 Å². The standard InChI is InChI=1S/C11H15N3S/c1-2-8(7-12)13-11-9-5-3-4-6-10(9)14-15-11/h3-6,8,13H,2,7,12H2,1H3. The molecule has 0 radical (unpaired) electrons. The van der Waals surface area contributed by atoms with Crippen molar-refractivity contribution < 1.29 is 0 Å². The molecule has 0 saturated heterocycles. The highest BCUT2D eigenvalue weighted by Gasteiger charge is 2.08. The summed E-state index contributed by atoms with van der Waals surface area (Å²) in [6.07, 6.45) is 1.03. The Labute approximate surface area is 93.5 Å². The molecular formula is C11H15N3S. The first-order valence-corrected chi connectivity index (χ1v) is 5.93. The zero-order valence-electron chi connectivity index (χ0n) is 8.73. The lowest BCUT2D eigenvalue weighted by atomic mass is 10.2. The van der Waals surface area contributed by atoms with E-state index in [1.54, 1.807) is 0 Å². The Kier molecular flexibility index (Phi) is 3.18. The number of fused-ring (bicyclic) bond motifs is 1. The summed E-state index contributed by atoms with van der Waals surface area (Å²) in [6.45, 7) is 2.79. The number of benzene rings is 1. The number of nitrogens with two attached hydrogens (primary N) is 1. The maximum Gasteiger partial charge on any atom is 0.117 e. The summed E-state index contributed by atoms with van der Waals surface area (Å²) >= 11 is 1.51. The van der Waals surface area contributed by atoms with Crippen molar-refractivity contribution in [1.29, 1.82) is 0 Å². The van der Waals surface area contributed by atoms with Gasteiger partial charge in [0, 0.05) is 18.0 Å². The van der Waals surface area contributed by atoms with Crippen LogP contribution < -0.4 is 11.1 Å². The van der Waals surface area contributed by atoms with Crippen LogP contribution in [0.2, 0.25) is 0 Å². The number of nitrogens with one attached hydrogen (secondary N) is 1. The number of hydrogen-bond acceptors (Lipinski definition) is 4. The van der Waals surface area contributed by atoms with Crippen LogP contribution in [0.1, 0.15) is 13.3 Å². The van der Waals surface area contributed by atoms with E-state index in [0.717, 1.165) is 16.9 Å². The summed E-state index contributed by atoms with van der Waals surface area (Å²) < 4.78 is 4.38. The van der Waals surface area contributed by atoms with Gasteiger partial charge in [0.1, 0.15) is 5.00 Å². The summed E-state index contributed by atoms with van der Waals surface area (Å²) in [5.74, 6) is 0. The first kappa shape index (κ1) is 10.4. The van der Waals surface area contributed by atoms with E-state index >= 15 is 0 Å². The van der Waals surface area contributed by atoms with Crippen molar-refractivity contribution in [3.8, 4) is 0 Å². The molecule has 0 amide bonds. The van der Waals surface area contributed by atoms with Crippen molar-refractivity contribution in [2.24, 2.45) is 5.73 Å². The SMILES string of the molecule is CCC(CN)Nc1snc2ccccc12. The van der Waals surface area contributed by atoms with Crippen molar-refractivity contribution in [2.75, 3.05) is 11.9 Å². The van der Waals surface area contributed by atoms with Crippen molar-refractivity contribution in [1.82, 2.24) is 4.37 Å².